The van der Waals surface area contributed by atoms with Crippen LogP contribution < -0.4 is 10.1 Å². The van der Waals surface area contributed by atoms with Crippen molar-refractivity contribution in [1.29, 1.82) is 0 Å². The van der Waals surface area contributed by atoms with Gasteiger partial charge in [-0.05, 0) is 30.3 Å². The molecule has 2 aromatic carbocycles. The van der Waals surface area contributed by atoms with Gasteiger partial charge in [0, 0.05) is 11.3 Å². The van der Waals surface area contributed by atoms with Crippen molar-refractivity contribution in [3.63, 3.8) is 0 Å². The molecule has 6 heteroatoms. The fraction of sp³-hybridized carbons (Fsp3) is 0.133. The number of carbonyl (C=O) groups excluding carboxylic acids is 1. The van der Waals surface area contributed by atoms with Crippen molar-refractivity contribution in [2.75, 3.05) is 11.9 Å². The van der Waals surface area contributed by atoms with Crippen LogP contribution in [0.2, 0.25) is 0 Å². The summed E-state index contributed by atoms with van der Waals surface area (Å²) >= 11 is 0. The smallest absolute Gasteiger partial charge is 0.262 e. The lowest BCUT2D eigenvalue weighted by atomic mass is 10.2. The third-order valence-corrected chi connectivity index (χ3v) is 2.69. The molecule has 0 saturated carbocycles. The predicted molar refractivity (Wildman–Crippen MR) is 72.8 cm³/mol. The van der Waals surface area contributed by atoms with Crippen LogP contribution in [0.15, 0.2) is 42.5 Å². The van der Waals surface area contributed by atoms with E-state index in [0.717, 1.165) is 0 Å². The highest BCUT2D eigenvalue weighted by atomic mass is 19.1. The standard InChI is InChI=1S/C15H13F2NO3/c16-11-4-6-12(7-5-11)18-14(20)9-21-15-10(8-19)2-1-3-13(15)17/h1-7,19H,8-9H2,(H,18,20). The van der Waals surface area contributed by atoms with Gasteiger partial charge in [-0.1, -0.05) is 12.1 Å². The van der Waals surface area contributed by atoms with Crippen LogP contribution in [-0.4, -0.2) is 17.6 Å². The van der Waals surface area contributed by atoms with Gasteiger partial charge >= 0.3 is 0 Å². The molecule has 0 fully saturated rings. The largest absolute Gasteiger partial charge is 0.480 e. The van der Waals surface area contributed by atoms with E-state index in [-0.39, 0.29) is 11.3 Å². The van der Waals surface area contributed by atoms with Crippen LogP contribution in [0.25, 0.3) is 0 Å². The summed E-state index contributed by atoms with van der Waals surface area (Å²) in [6, 6.07) is 9.31. The number of aliphatic hydroxyl groups excluding tert-OH is 1. The number of rotatable bonds is 5. The third-order valence-electron chi connectivity index (χ3n) is 2.69. The van der Waals surface area contributed by atoms with Gasteiger partial charge in [0.05, 0.1) is 6.61 Å². The molecule has 0 bridgehead atoms. The van der Waals surface area contributed by atoms with Crippen LogP contribution >= 0.6 is 0 Å². The Bertz CT molecular complexity index is 629. The Morgan fingerprint density at radius 3 is 2.52 bits per heavy atom. The van der Waals surface area contributed by atoms with Crippen molar-refractivity contribution < 1.29 is 23.4 Å². The molecular formula is C15H13F2NO3. The SMILES string of the molecule is O=C(COc1c(F)cccc1CO)Nc1ccc(F)cc1. The fourth-order valence-electron chi connectivity index (χ4n) is 1.71. The zero-order valence-electron chi connectivity index (χ0n) is 11.0. The zero-order chi connectivity index (χ0) is 15.2. The molecule has 21 heavy (non-hydrogen) atoms. The Balaban J connectivity index is 1.97. The second kappa shape index (κ2) is 6.81. The molecule has 2 rings (SSSR count). The minimum atomic E-state index is -0.656. The lowest BCUT2D eigenvalue weighted by Crippen LogP contribution is -2.21. The van der Waals surface area contributed by atoms with Crippen LogP contribution in [0.1, 0.15) is 5.56 Å². The molecule has 2 aromatic rings. The van der Waals surface area contributed by atoms with E-state index < -0.39 is 30.8 Å². The molecule has 0 spiro atoms. The number of ether oxygens (including phenoxy) is 1. The summed E-state index contributed by atoms with van der Waals surface area (Å²) in [5, 5.41) is 11.6. The molecule has 4 nitrogen and oxygen atoms in total. The summed E-state index contributed by atoms with van der Waals surface area (Å²) < 4.78 is 31.4. The Morgan fingerprint density at radius 1 is 1.14 bits per heavy atom. The molecule has 0 unspecified atom stereocenters. The molecule has 0 aliphatic carbocycles. The van der Waals surface area contributed by atoms with Crippen molar-refractivity contribution in [3.8, 4) is 5.75 Å². The number of benzene rings is 2. The summed E-state index contributed by atoms with van der Waals surface area (Å²) in [4.78, 5) is 11.7. The molecule has 0 saturated heterocycles. The molecule has 1 amide bonds. The van der Waals surface area contributed by atoms with Crippen molar-refractivity contribution >= 4 is 11.6 Å². The third kappa shape index (κ3) is 4.00. The molecule has 110 valence electrons. The fourth-order valence-corrected chi connectivity index (χ4v) is 1.71. The molecule has 0 aliphatic heterocycles. The van der Waals surface area contributed by atoms with Crippen molar-refractivity contribution in [1.82, 2.24) is 0 Å². The summed E-state index contributed by atoms with van der Waals surface area (Å²) in [7, 11) is 0. The highest BCUT2D eigenvalue weighted by Gasteiger charge is 2.11. The number of anilines is 1. The van der Waals surface area contributed by atoms with E-state index >= 15 is 0 Å². The molecule has 0 aromatic heterocycles. The first-order chi connectivity index (χ1) is 10.1. The maximum Gasteiger partial charge on any atom is 0.262 e. The number of hydrogen-bond donors (Lipinski definition) is 2. The summed E-state index contributed by atoms with van der Waals surface area (Å²) in [6.07, 6.45) is 0. The van der Waals surface area contributed by atoms with E-state index in [1.807, 2.05) is 0 Å². The average Bonchev–Trinajstić information content (AvgIpc) is 2.48. The number of halogens is 2. The molecule has 0 atom stereocenters. The van der Waals surface area contributed by atoms with E-state index in [9.17, 15) is 13.6 Å². The van der Waals surface area contributed by atoms with Gasteiger partial charge in [-0.2, -0.15) is 0 Å². The van der Waals surface area contributed by atoms with Crippen molar-refractivity contribution in [3.05, 3.63) is 59.7 Å². The van der Waals surface area contributed by atoms with Gasteiger partial charge in [0.15, 0.2) is 18.2 Å². The highest BCUT2D eigenvalue weighted by molar-refractivity contribution is 5.91. The summed E-state index contributed by atoms with van der Waals surface area (Å²) in [5.41, 5.74) is 0.658. The predicted octanol–water partition coefficient (Wildman–Crippen LogP) is 2.47. The Labute approximate surface area is 120 Å². The monoisotopic (exact) mass is 293 g/mol. The number of hydrogen-bond acceptors (Lipinski definition) is 3. The lowest BCUT2D eigenvalue weighted by Gasteiger charge is -2.11. The first kappa shape index (κ1) is 14.9. The number of amides is 1. The number of para-hydroxylation sites is 1. The van der Waals surface area contributed by atoms with Gasteiger partial charge in [0.25, 0.3) is 5.91 Å². The van der Waals surface area contributed by atoms with Crippen molar-refractivity contribution in [2.45, 2.75) is 6.61 Å². The van der Waals surface area contributed by atoms with Crippen LogP contribution in [0.4, 0.5) is 14.5 Å². The first-order valence-corrected chi connectivity index (χ1v) is 6.16. The van der Waals surface area contributed by atoms with E-state index in [0.29, 0.717) is 5.69 Å². The highest BCUT2D eigenvalue weighted by Crippen LogP contribution is 2.22. The van der Waals surface area contributed by atoms with Crippen LogP contribution in [-0.2, 0) is 11.4 Å². The van der Waals surface area contributed by atoms with E-state index in [2.05, 4.69) is 5.32 Å². The van der Waals surface area contributed by atoms with Crippen LogP contribution in [0.3, 0.4) is 0 Å². The minimum Gasteiger partial charge on any atom is -0.480 e. The van der Waals surface area contributed by atoms with Crippen molar-refractivity contribution in [2.24, 2.45) is 0 Å². The quantitative estimate of drug-likeness (QED) is 0.890. The molecule has 0 aliphatic rings. The zero-order valence-corrected chi connectivity index (χ0v) is 11.0. The number of carbonyl (C=O) groups is 1. The topological polar surface area (TPSA) is 58.6 Å². The van der Waals surface area contributed by atoms with Gasteiger partial charge in [0.2, 0.25) is 0 Å². The lowest BCUT2D eigenvalue weighted by molar-refractivity contribution is -0.118. The maximum atomic E-state index is 13.5. The second-order valence-corrected chi connectivity index (χ2v) is 4.23. The average molecular weight is 293 g/mol. The summed E-state index contributed by atoms with van der Waals surface area (Å²) in [5.74, 6) is -1.75. The minimum absolute atomic E-state index is 0.158. The van der Waals surface area contributed by atoms with Crippen LogP contribution in [0, 0.1) is 11.6 Å². The van der Waals surface area contributed by atoms with Crippen LogP contribution in [0.5, 0.6) is 5.75 Å². The summed E-state index contributed by atoms with van der Waals surface area (Å²) in [6.45, 7) is -0.821. The molecule has 2 N–H and O–H groups in total. The van der Waals surface area contributed by atoms with E-state index in [4.69, 9.17) is 9.84 Å². The number of nitrogens with one attached hydrogen (secondary N) is 1. The normalized spacial score (nSPS) is 10.2. The molecule has 0 heterocycles. The van der Waals surface area contributed by atoms with E-state index in [1.165, 1.54) is 42.5 Å². The van der Waals surface area contributed by atoms with Gasteiger partial charge < -0.3 is 15.2 Å². The molecular weight excluding hydrogens is 280 g/mol. The Morgan fingerprint density at radius 2 is 1.86 bits per heavy atom. The van der Waals surface area contributed by atoms with Gasteiger partial charge in [-0.15, -0.1) is 0 Å². The second-order valence-electron chi connectivity index (χ2n) is 4.23. The van der Waals surface area contributed by atoms with Gasteiger partial charge in [0.1, 0.15) is 5.82 Å². The van der Waals surface area contributed by atoms with Gasteiger partial charge in [-0.3, -0.25) is 4.79 Å². The first-order valence-electron chi connectivity index (χ1n) is 6.16. The maximum absolute atomic E-state index is 13.5. The Hall–Kier alpha value is -2.47. The molecule has 0 radical (unpaired) electrons. The van der Waals surface area contributed by atoms with E-state index in [1.54, 1.807) is 0 Å². The Kier molecular flexibility index (Phi) is 4.84. The van der Waals surface area contributed by atoms with Gasteiger partial charge in [-0.25, -0.2) is 8.78 Å². The number of aliphatic hydroxyl groups is 1.